The molecule has 6 nitrogen and oxygen atoms in total. The molecule has 0 unspecified atom stereocenters. The summed E-state index contributed by atoms with van der Waals surface area (Å²) in [6.45, 7) is 17.9. The molecule has 0 aliphatic rings. The van der Waals surface area contributed by atoms with E-state index in [-0.39, 0.29) is 37.3 Å². The highest BCUT2D eigenvalue weighted by molar-refractivity contribution is 6.77. The Kier molecular flexibility index (Phi) is 13.6. The standard InChI is InChI=1S/C18H38B2O6/c1-13(2)23-19(24-14(3)4)18(11-17(9)22-12-21-10)20(25-15(5)6)26-16(7)8/h11,13-17H,12H2,1-10H3/t17-/m0/s1. The van der Waals surface area contributed by atoms with Gasteiger partial charge in [0, 0.05) is 31.5 Å². The Morgan fingerprint density at radius 2 is 1.04 bits per heavy atom. The normalized spacial score (nSPS) is 13.0. The fourth-order valence-electron chi connectivity index (χ4n) is 2.13. The second kappa shape index (κ2) is 13.7. The molecule has 26 heavy (non-hydrogen) atoms. The minimum absolute atomic E-state index is 0.0175. The first-order chi connectivity index (χ1) is 12.1. The van der Waals surface area contributed by atoms with Gasteiger partial charge >= 0.3 is 14.2 Å². The van der Waals surface area contributed by atoms with E-state index in [1.54, 1.807) is 7.11 Å². The Bertz CT molecular complexity index is 342. The Morgan fingerprint density at radius 1 is 0.692 bits per heavy atom. The monoisotopic (exact) mass is 372 g/mol. The molecule has 0 bridgehead atoms. The molecule has 0 saturated carbocycles. The summed E-state index contributed by atoms with van der Waals surface area (Å²) in [5.41, 5.74) is 0. The van der Waals surface area contributed by atoms with E-state index in [0.29, 0.717) is 0 Å². The first-order valence-electron chi connectivity index (χ1n) is 9.50. The Balaban J connectivity index is 5.78. The number of ether oxygens (including phenoxy) is 2. The first kappa shape index (κ1) is 25.6. The van der Waals surface area contributed by atoms with Crippen molar-refractivity contribution in [3.05, 3.63) is 11.4 Å². The van der Waals surface area contributed by atoms with Crippen molar-refractivity contribution in [2.75, 3.05) is 13.9 Å². The summed E-state index contributed by atoms with van der Waals surface area (Å²) in [5, 5.41) is 0.762. The molecule has 0 heterocycles. The highest BCUT2D eigenvalue weighted by atomic mass is 16.7. The molecular weight excluding hydrogens is 334 g/mol. The summed E-state index contributed by atoms with van der Waals surface area (Å²) in [4.78, 5) is 0. The third-order valence-electron chi connectivity index (χ3n) is 3.00. The molecule has 0 aliphatic heterocycles. The van der Waals surface area contributed by atoms with E-state index in [4.69, 9.17) is 28.1 Å². The van der Waals surface area contributed by atoms with E-state index in [0.717, 1.165) is 5.37 Å². The molecule has 0 rings (SSSR count). The molecule has 1 atom stereocenters. The Labute approximate surface area is 161 Å². The third-order valence-corrected chi connectivity index (χ3v) is 3.00. The van der Waals surface area contributed by atoms with Crippen molar-refractivity contribution in [1.29, 1.82) is 0 Å². The maximum Gasteiger partial charge on any atom is 0.485 e. The van der Waals surface area contributed by atoms with Crippen LogP contribution >= 0.6 is 0 Å². The molecule has 0 aliphatic carbocycles. The molecule has 0 aromatic heterocycles. The van der Waals surface area contributed by atoms with Crippen LogP contribution in [0.25, 0.3) is 0 Å². The van der Waals surface area contributed by atoms with Crippen LogP contribution in [0.15, 0.2) is 11.4 Å². The molecule has 0 amide bonds. The smallest absolute Gasteiger partial charge is 0.406 e. The van der Waals surface area contributed by atoms with Crippen molar-refractivity contribution < 1.29 is 28.1 Å². The number of rotatable bonds is 14. The summed E-state index contributed by atoms with van der Waals surface area (Å²) < 4.78 is 34.8. The maximum atomic E-state index is 6.04. The van der Waals surface area contributed by atoms with Crippen molar-refractivity contribution in [2.45, 2.75) is 92.8 Å². The average molecular weight is 372 g/mol. The van der Waals surface area contributed by atoms with E-state index in [2.05, 4.69) is 0 Å². The van der Waals surface area contributed by atoms with E-state index >= 15 is 0 Å². The molecule has 0 aromatic carbocycles. The predicted molar refractivity (Wildman–Crippen MR) is 107 cm³/mol. The Morgan fingerprint density at radius 3 is 1.31 bits per heavy atom. The summed E-state index contributed by atoms with van der Waals surface area (Å²) >= 11 is 0. The van der Waals surface area contributed by atoms with Gasteiger partial charge in [0.25, 0.3) is 0 Å². The van der Waals surface area contributed by atoms with Gasteiger partial charge in [-0.3, -0.25) is 0 Å². The van der Waals surface area contributed by atoms with E-state index in [1.165, 1.54) is 0 Å². The van der Waals surface area contributed by atoms with Crippen LogP contribution in [0, 0.1) is 0 Å². The van der Waals surface area contributed by atoms with Gasteiger partial charge in [0.2, 0.25) is 0 Å². The molecule has 0 N–H and O–H groups in total. The lowest BCUT2D eigenvalue weighted by molar-refractivity contribution is -0.0497. The molecule has 152 valence electrons. The minimum atomic E-state index is -0.592. The summed E-state index contributed by atoms with van der Waals surface area (Å²) in [5.74, 6) is 0. The molecule has 8 heteroatoms. The van der Waals surface area contributed by atoms with Crippen LogP contribution < -0.4 is 0 Å². The van der Waals surface area contributed by atoms with Crippen LogP contribution in [0.5, 0.6) is 0 Å². The number of hydrogen-bond donors (Lipinski definition) is 0. The fraction of sp³-hybridized carbons (Fsp3) is 0.889. The van der Waals surface area contributed by atoms with Crippen molar-refractivity contribution in [3.8, 4) is 0 Å². The van der Waals surface area contributed by atoms with Gasteiger partial charge in [-0.25, -0.2) is 0 Å². The van der Waals surface area contributed by atoms with E-state index in [9.17, 15) is 0 Å². The van der Waals surface area contributed by atoms with Crippen molar-refractivity contribution in [3.63, 3.8) is 0 Å². The van der Waals surface area contributed by atoms with Gasteiger partial charge in [0.05, 0.1) is 6.10 Å². The van der Waals surface area contributed by atoms with Crippen LogP contribution in [0.2, 0.25) is 0 Å². The van der Waals surface area contributed by atoms with Crippen LogP contribution in [0.1, 0.15) is 62.3 Å². The zero-order chi connectivity index (χ0) is 20.3. The van der Waals surface area contributed by atoms with Gasteiger partial charge in [-0.2, -0.15) is 0 Å². The van der Waals surface area contributed by atoms with Crippen LogP contribution in [-0.2, 0) is 28.1 Å². The molecule has 0 fully saturated rings. The van der Waals surface area contributed by atoms with Crippen molar-refractivity contribution in [2.24, 2.45) is 0 Å². The van der Waals surface area contributed by atoms with Gasteiger partial charge < -0.3 is 28.1 Å². The SMILES string of the molecule is COCO[C@@H](C)C=C(B(OC(C)C)OC(C)C)B(OC(C)C)OC(C)C. The van der Waals surface area contributed by atoms with Crippen LogP contribution in [0.3, 0.4) is 0 Å². The Hall–Kier alpha value is -0.370. The zero-order valence-corrected chi connectivity index (χ0v) is 18.3. The summed E-state index contributed by atoms with van der Waals surface area (Å²) in [7, 11) is 0.411. The second-order valence-corrected chi connectivity index (χ2v) is 7.35. The molecule has 0 radical (unpaired) electrons. The lowest BCUT2D eigenvalue weighted by atomic mass is 9.56. The van der Waals surface area contributed by atoms with Crippen molar-refractivity contribution >= 4 is 14.2 Å². The molecule has 0 aromatic rings. The highest BCUT2D eigenvalue weighted by Gasteiger charge is 2.39. The highest BCUT2D eigenvalue weighted by Crippen LogP contribution is 2.19. The lowest BCUT2D eigenvalue weighted by Gasteiger charge is -2.28. The fourth-order valence-corrected chi connectivity index (χ4v) is 2.13. The van der Waals surface area contributed by atoms with E-state index < -0.39 is 14.2 Å². The predicted octanol–water partition coefficient (Wildman–Crippen LogP) is 3.68. The van der Waals surface area contributed by atoms with E-state index in [1.807, 2.05) is 68.4 Å². The van der Waals surface area contributed by atoms with Gasteiger partial charge in [-0.05, 0) is 67.7 Å². The van der Waals surface area contributed by atoms with Gasteiger partial charge in [0.1, 0.15) is 6.79 Å². The first-order valence-corrected chi connectivity index (χ1v) is 9.50. The van der Waals surface area contributed by atoms with Gasteiger partial charge in [-0.1, -0.05) is 6.08 Å². The quantitative estimate of drug-likeness (QED) is 0.343. The van der Waals surface area contributed by atoms with Gasteiger partial charge in [0.15, 0.2) is 0 Å². The number of hydrogen-bond acceptors (Lipinski definition) is 6. The number of methoxy groups -OCH3 is 1. The third kappa shape index (κ3) is 12.1. The van der Waals surface area contributed by atoms with Crippen LogP contribution in [0.4, 0.5) is 0 Å². The van der Waals surface area contributed by atoms with Gasteiger partial charge in [-0.15, -0.1) is 0 Å². The van der Waals surface area contributed by atoms with Crippen molar-refractivity contribution in [1.82, 2.24) is 0 Å². The lowest BCUT2D eigenvalue weighted by Crippen LogP contribution is -2.43. The topological polar surface area (TPSA) is 55.4 Å². The zero-order valence-electron chi connectivity index (χ0n) is 18.3. The summed E-state index contributed by atoms with van der Waals surface area (Å²) in [6, 6.07) is 0. The van der Waals surface area contributed by atoms with Crippen LogP contribution in [-0.4, -0.2) is 58.7 Å². The second-order valence-electron chi connectivity index (χ2n) is 7.35. The summed E-state index contributed by atoms with van der Waals surface area (Å²) in [6.07, 6.45) is 1.65. The molecular formula is C18H38B2O6. The maximum absolute atomic E-state index is 6.04. The average Bonchev–Trinajstić information content (AvgIpc) is 2.47. The molecule has 0 saturated heterocycles. The molecule has 0 spiro atoms. The largest absolute Gasteiger partial charge is 0.485 e. The minimum Gasteiger partial charge on any atom is -0.406 e.